The van der Waals surface area contributed by atoms with Crippen LogP contribution < -0.4 is 5.73 Å². The fourth-order valence-corrected chi connectivity index (χ4v) is 5.78. The van der Waals surface area contributed by atoms with E-state index in [4.69, 9.17) is 24.3 Å². The predicted molar refractivity (Wildman–Crippen MR) is 192 cm³/mol. The van der Waals surface area contributed by atoms with Crippen LogP contribution >= 0.6 is 7.82 Å². The zero-order valence-electron chi connectivity index (χ0n) is 30.0. The second-order valence-corrected chi connectivity index (χ2v) is 13.9. The van der Waals surface area contributed by atoms with E-state index < -0.39 is 32.5 Å². The first-order valence-corrected chi connectivity index (χ1v) is 20.3. The Hall–Kier alpha value is -1.51. The normalized spacial score (nSPS) is 13.7. The molecular weight excluding hydrogens is 617 g/mol. The fourth-order valence-electron chi connectivity index (χ4n) is 5.02. The minimum atomic E-state index is -4.37. The summed E-state index contributed by atoms with van der Waals surface area (Å²) < 4.78 is 32.6. The first-order valence-electron chi connectivity index (χ1n) is 18.8. The van der Waals surface area contributed by atoms with Crippen LogP contribution in [-0.2, 0) is 32.7 Å². The maximum atomic E-state index is 12.5. The lowest BCUT2D eigenvalue weighted by Gasteiger charge is -2.19. The van der Waals surface area contributed by atoms with Crippen molar-refractivity contribution < 1.29 is 37.6 Å². The molecule has 0 aliphatic carbocycles. The van der Waals surface area contributed by atoms with Gasteiger partial charge in [0.2, 0.25) is 0 Å². The molecule has 0 radical (unpaired) electrons. The van der Waals surface area contributed by atoms with Crippen molar-refractivity contribution in [2.45, 2.75) is 174 Å². The maximum Gasteiger partial charge on any atom is 0.472 e. The molecule has 9 nitrogen and oxygen atoms in total. The minimum Gasteiger partial charge on any atom is -0.462 e. The molecule has 0 bridgehead atoms. The van der Waals surface area contributed by atoms with E-state index in [1.807, 2.05) is 0 Å². The number of ether oxygens (including phenoxy) is 2. The van der Waals surface area contributed by atoms with Gasteiger partial charge in [-0.15, -0.1) is 0 Å². The first-order chi connectivity index (χ1) is 22.8. The molecule has 0 saturated heterocycles. The summed E-state index contributed by atoms with van der Waals surface area (Å²) in [5.74, 6) is -0.844. The number of phosphoric ester groups is 1. The van der Waals surface area contributed by atoms with Crippen LogP contribution in [0.15, 0.2) is 24.3 Å². The largest absolute Gasteiger partial charge is 0.472 e. The minimum absolute atomic E-state index is 0.0526. The maximum absolute atomic E-state index is 12.5. The third kappa shape index (κ3) is 34.2. The average Bonchev–Trinajstić information content (AvgIpc) is 3.05. The number of nitrogens with two attached hydrogens (primary N) is 1. The van der Waals surface area contributed by atoms with E-state index in [0.717, 1.165) is 57.8 Å². The summed E-state index contributed by atoms with van der Waals surface area (Å²) in [7, 11) is -4.37. The summed E-state index contributed by atoms with van der Waals surface area (Å²) in [4.78, 5) is 34.6. The van der Waals surface area contributed by atoms with Gasteiger partial charge in [0.05, 0.1) is 13.2 Å². The average molecular weight is 688 g/mol. The van der Waals surface area contributed by atoms with Crippen LogP contribution in [-0.4, -0.2) is 49.3 Å². The molecule has 0 amide bonds. The molecule has 0 fully saturated rings. The van der Waals surface area contributed by atoms with Gasteiger partial charge in [-0.2, -0.15) is 0 Å². The van der Waals surface area contributed by atoms with Gasteiger partial charge in [0, 0.05) is 19.4 Å². The first kappa shape index (κ1) is 45.5. The highest BCUT2D eigenvalue weighted by molar-refractivity contribution is 7.47. The van der Waals surface area contributed by atoms with Crippen molar-refractivity contribution in [3.63, 3.8) is 0 Å². The number of allylic oxidation sites excluding steroid dienone is 4. The van der Waals surface area contributed by atoms with Gasteiger partial charge in [-0.1, -0.05) is 134 Å². The molecule has 10 heteroatoms. The summed E-state index contributed by atoms with van der Waals surface area (Å²) in [6, 6.07) is 0. The summed E-state index contributed by atoms with van der Waals surface area (Å²) in [6.07, 6.45) is 33.5. The molecule has 0 heterocycles. The SMILES string of the molecule is CCCCC/C=C\C/C=C\CCCCCCCC(=O)OC[C@H](COP(=O)(O)OCCN)OC(=O)CCCCCCCCCCCCC. The number of rotatable bonds is 35. The molecule has 0 spiro atoms. The Morgan fingerprint density at radius 1 is 0.638 bits per heavy atom. The molecule has 0 aromatic carbocycles. The van der Waals surface area contributed by atoms with Crippen LogP contribution in [0.1, 0.15) is 168 Å². The van der Waals surface area contributed by atoms with Crippen LogP contribution in [0.5, 0.6) is 0 Å². The van der Waals surface area contributed by atoms with Crippen LogP contribution in [0.3, 0.4) is 0 Å². The van der Waals surface area contributed by atoms with Crippen molar-refractivity contribution in [2.75, 3.05) is 26.4 Å². The van der Waals surface area contributed by atoms with Gasteiger partial charge in [0.25, 0.3) is 0 Å². The Morgan fingerprint density at radius 3 is 1.66 bits per heavy atom. The lowest BCUT2D eigenvalue weighted by Crippen LogP contribution is -2.29. The summed E-state index contributed by atoms with van der Waals surface area (Å²) in [5.41, 5.74) is 5.32. The second kappa shape index (κ2) is 34.4. The third-order valence-electron chi connectivity index (χ3n) is 7.84. The van der Waals surface area contributed by atoms with Crippen molar-refractivity contribution in [3.05, 3.63) is 24.3 Å². The van der Waals surface area contributed by atoms with Gasteiger partial charge in [-0.3, -0.25) is 18.6 Å². The molecule has 47 heavy (non-hydrogen) atoms. The van der Waals surface area contributed by atoms with Crippen LogP contribution in [0.25, 0.3) is 0 Å². The lowest BCUT2D eigenvalue weighted by atomic mass is 10.1. The number of carbonyl (C=O) groups is 2. The van der Waals surface area contributed by atoms with E-state index in [2.05, 4.69) is 38.2 Å². The van der Waals surface area contributed by atoms with Crippen LogP contribution in [0.2, 0.25) is 0 Å². The second-order valence-electron chi connectivity index (χ2n) is 12.4. The highest BCUT2D eigenvalue weighted by Gasteiger charge is 2.25. The summed E-state index contributed by atoms with van der Waals surface area (Å²) in [6.45, 7) is 3.67. The van der Waals surface area contributed by atoms with E-state index in [1.54, 1.807) is 0 Å². The Balaban J connectivity index is 4.24. The van der Waals surface area contributed by atoms with Crippen LogP contribution in [0, 0.1) is 0 Å². The van der Waals surface area contributed by atoms with Crippen LogP contribution in [0.4, 0.5) is 0 Å². The molecule has 0 aromatic rings. The highest BCUT2D eigenvalue weighted by Crippen LogP contribution is 2.43. The number of phosphoric acid groups is 1. The fraction of sp³-hybridized carbons (Fsp3) is 0.838. The monoisotopic (exact) mass is 687 g/mol. The number of esters is 2. The molecule has 0 aliphatic rings. The summed E-state index contributed by atoms with van der Waals surface area (Å²) >= 11 is 0. The van der Waals surface area contributed by atoms with Crippen molar-refractivity contribution >= 4 is 19.8 Å². The van der Waals surface area contributed by atoms with Gasteiger partial charge in [0.15, 0.2) is 6.10 Å². The molecule has 0 saturated carbocycles. The van der Waals surface area contributed by atoms with Crippen molar-refractivity contribution in [1.82, 2.24) is 0 Å². The Labute approximate surface area is 287 Å². The quantitative estimate of drug-likeness (QED) is 0.0289. The molecule has 2 atom stereocenters. The van der Waals surface area contributed by atoms with E-state index in [1.165, 1.54) is 77.0 Å². The van der Waals surface area contributed by atoms with Crippen molar-refractivity contribution in [2.24, 2.45) is 5.73 Å². The number of unbranched alkanes of at least 4 members (excludes halogenated alkanes) is 18. The van der Waals surface area contributed by atoms with Gasteiger partial charge >= 0.3 is 19.8 Å². The smallest absolute Gasteiger partial charge is 0.462 e. The van der Waals surface area contributed by atoms with Crippen molar-refractivity contribution in [1.29, 1.82) is 0 Å². The highest BCUT2D eigenvalue weighted by atomic mass is 31.2. The van der Waals surface area contributed by atoms with Gasteiger partial charge in [-0.25, -0.2) is 4.57 Å². The molecular formula is C37H70NO8P. The number of hydrogen-bond acceptors (Lipinski definition) is 8. The third-order valence-corrected chi connectivity index (χ3v) is 8.82. The lowest BCUT2D eigenvalue weighted by molar-refractivity contribution is -0.161. The van der Waals surface area contributed by atoms with E-state index in [-0.39, 0.29) is 32.6 Å². The Kier molecular flexibility index (Phi) is 33.3. The molecule has 0 aliphatic heterocycles. The zero-order valence-corrected chi connectivity index (χ0v) is 30.9. The van der Waals surface area contributed by atoms with Gasteiger partial charge in [0.1, 0.15) is 6.61 Å². The van der Waals surface area contributed by atoms with E-state index >= 15 is 0 Å². The Bertz CT molecular complexity index is 835. The van der Waals surface area contributed by atoms with Crippen molar-refractivity contribution in [3.8, 4) is 0 Å². The molecule has 1 unspecified atom stereocenters. The van der Waals surface area contributed by atoms with Gasteiger partial charge < -0.3 is 20.1 Å². The molecule has 276 valence electrons. The van der Waals surface area contributed by atoms with E-state index in [9.17, 15) is 19.0 Å². The number of hydrogen-bond donors (Lipinski definition) is 2. The number of carbonyl (C=O) groups excluding carboxylic acids is 2. The molecule has 0 rings (SSSR count). The topological polar surface area (TPSA) is 134 Å². The molecule has 0 aromatic heterocycles. The predicted octanol–water partition coefficient (Wildman–Crippen LogP) is 10.0. The Morgan fingerprint density at radius 2 is 1.11 bits per heavy atom. The van der Waals surface area contributed by atoms with Gasteiger partial charge in [-0.05, 0) is 44.9 Å². The van der Waals surface area contributed by atoms with E-state index in [0.29, 0.717) is 6.42 Å². The summed E-state index contributed by atoms with van der Waals surface area (Å²) in [5, 5.41) is 0. The zero-order chi connectivity index (χ0) is 34.7. The molecule has 3 N–H and O–H groups in total. The standard InChI is InChI=1S/C37H70NO8P/c1-3-5-7-9-11-13-15-16-17-18-20-21-23-25-27-29-36(39)43-33-35(34-45-47(41,42)44-32-31-38)46-37(40)30-28-26-24-22-19-14-12-10-8-6-4-2/h11,13,16-17,35H,3-10,12,14-15,18-34,38H2,1-2H3,(H,41,42)/b13-11-,17-16-/t35-/m1/s1.